The van der Waals surface area contributed by atoms with Gasteiger partial charge in [0.15, 0.2) is 0 Å². The van der Waals surface area contributed by atoms with Crippen molar-refractivity contribution in [2.75, 3.05) is 6.54 Å². The van der Waals surface area contributed by atoms with Crippen LogP contribution >= 0.6 is 11.3 Å². The molecule has 4 rings (SSSR count). The quantitative estimate of drug-likeness (QED) is 0.561. The molecular weight excluding hydrogens is 386 g/mol. The molecule has 0 unspecified atom stereocenters. The minimum atomic E-state index is -0.127. The van der Waals surface area contributed by atoms with Crippen molar-refractivity contribution >= 4 is 29.1 Å². The van der Waals surface area contributed by atoms with E-state index in [1.165, 1.54) is 39.7 Å². The zero-order chi connectivity index (χ0) is 20.2. The molecule has 0 saturated carbocycles. The Balaban J connectivity index is 1.23. The molecule has 1 aliphatic carbocycles. The summed E-state index contributed by atoms with van der Waals surface area (Å²) in [5, 5.41) is 4.14. The number of aromatic nitrogens is 1. The first-order valence-electron chi connectivity index (χ1n) is 10.3. The molecular formula is C22H25N3O3S. The van der Waals surface area contributed by atoms with Crippen molar-refractivity contribution < 1.29 is 14.4 Å². The Kier molecular flexibility index (Phi) is 6.04. The summed E-state index contributed by atoms with van der Waals surface area (Å²) >= 11 is 1.83. The number of carbonyl (C=O) groups is 3. The van der Waals surface area contributed by atoms with Crippen LogP contribution in [0.4, 0.5) is 0 Å². The van der Waals surface area contributed by atoms with Gasteiger partial charge >= 0.3 is 0 Å². The zero-order valence-electron chi connectivity index (χ0n) is 16.4. The third kappa shape index (κ3) is 4.72. The van der Waals surface area contributed by atoms with Crippen LogP contribution < -0.4 is 5.32 Å². The van der Waals surface area contributed by atoms with Crippen molar-refractivity contribution in [2.45, 2.75) is 57.9 Å². The SMILES string of the molecule is O=C(NCCCc1nc2c(s1)CCCC2)c1ccc(CN2C(=O)CCC2=O)cc1. The van der Waals surface area contributed by atoms with Crippen LogP contribution in [0.1, 0.15) is 63.6 Å². The maximum absolute atomic E-state index is 12.3. The average Bonchev–Trinajstić information content (AvgIpc) is 3.29. The summed E-state index contributed by atoms with van der Waals surface area (Å²) in [5.41, 5.74) is 2.72. The molecule has 0 radical (unpaired) electrons. The molecule has 1 aliphatic heterocycles. The number of benzene rings is 1. The van der Waals surface area contributed by atoms with Crippen molar-refractivity contribution in [3.63, 3.8) is 0 Å². The summed E-state index contributed by atoms with van der Waals surface area (Å²) in [6, 6.07) is 7.08. The molecule has 0 spiro atoms. The highest BCUT2D eigenvalue weighted by molar-refractivity contribution is 7.11. The van der Waals surface area contributed by atoms with E-state index in [-0.39, 0.29) is 24.3 Å². The van der Waals surface area contributed by atoms with E-state index in [0.29, 0.717) is 24.9 Å². The van der Waals surface area contributed by atoms with Gasteiger partial charge < -0.3 is 5.32 Å². The summed E-state index contributed by atoms with van der Waals surface area (Å²) in [7, 11) is 0. The molecule has 2 aromatic rings. The molecule has 29 heavy (non-hydrogen) atoms. The molecule has 1 aromatic carbocycles. The Labute approximate surface area is 174 Å². The Hall–Kier alpha value is -2.54. The minimum Gasteiger partial charge on any atom is -0.352 e. The predicted octanol–water partition coefficient (Wildman–Crippen LogP) is 3.03. The van der Waals surface area contributed by atoms with Crippen molar-refractivity contribution in [2.24, 2.45) is 0 Å². The van der Waals surface area contributed by atoms with Crippen molar-refractivity contribution in [3.05, 3.63) is 51.0 Å². The number of rotatable bonds is 7. The fraction of sp³-hybridized carbons (Fsp3) is 0.455. The first-order chi connectivity index (χ1) is 14.1. The van der Waals surface area contributed by atoms with E-state index in [4.69, 9.17) is 4.98 Å². The fourth-order valence-electron chi connectivity index (χ4n) is 3.80. The van der Waals surface area contributed by atoms with Crippen LogP contribution in [-0.2, 0) is 35.4 Å². The zero-order valence-corrected chi connectivity index (χ0v) is 17.2. The molecule has 2 heterocycles. The molecule has 1 fully saturated rings. The molecule has 3 amide bonds. The van der Waals surface area contributed by atoms with Crippen LogP contribution in [0.3, 0.4) is 0 Å². The monoisotopic (exact) mass is 411 g/mol. The van der Waals surface area contributed by atoms with Gasteiger partial charge in [-0.3, -0.25) is 19.3 Å². The van der Waals surface area contributed by atoms with E-state index in [1.807, 2.05) is 11.3 Å². The van der Waals surface area contributed by atoms with E-state index in [9.17, 15) is 14.4 Å². The van der Waals surface area contributed by atoms with Crippen molar-refractivity contribution in [1.29, 1.82) is 0 Å². The largest absolute Gasteiger partial charge is 0.352 e. The highest BCUT2D eigenvalue weighted by Crippen LogP contribution is 2.27. The predicted molar refractivity (Wildman–Crippen MR) is 111 cm³/mol. The van der Waals surface area contributed by atoms with Crippen LogP contribution in [0.15, 0.2) is 24.3 Å². The normalized spacial score (nSPS) is 16.2. The number of imide groups is 1. The standard InChI is InChI=1S/C22H25N3O3S/c26-20-11-12-21(27)25(20)14-15-7-9-16(10-8-15)22(28)23-13-3-6-19-24-17-4-1-2-5-18(17)29-19/h7-10H,1-6,11-14H2,(H,23,28). The van der Waals surface area contributed by atoms with Gasteiger partial charge in [-0.15, -0.1) is 11.3 Å². The number of nitrogens with zero attached hydrogens (tertiary/aromatic N) is 2. The second-order valence-corrected chi connectivity index (χ2v) is 8.78. The molecule has 0 atom stereocenters. The van der Waals surface area contributed by atoms with Crippen LogP contribution in [0, 0.1) is 0 Å². The number of aryl methyl sites for hydroxylation is 3. The van der Waals surface area contributed by atoms with Gasteiger partial charge in [0, 0.05) is 36.2 Å². The highest BCUT2D eigenvalue weighted by atomic mass is 32.1. The van der Waals surface area contributed by atoms with Crippen LogP contribution in [0.5, 0.6) is 0 Å². The fourth-order valence-corrected chi connectivity index (χ4v) is 5.00. The van der Waals surface area contributed by atoms with Crippen LogP contribution in [0.2, 0.25) is 0 Å². The third-order valence-electron chi connectivity index (χ3n) is 5.45. The lowest BCUT2D eigenvalue weighted by Crippen LogP contribution is -2.28. The first-order valence-corrected chi connectivity index (χ1v) is 11.1. The molecule has 1 saturated heterocycles. The Morgan fingerprint density at radius 1 is 1.03 bits per heavy atom. The Morgan fingerprint density at radius 3 is 2.48 bits per heavy atom. The molecule has 7 heteroatoms. The summed E-state index contributed by atoms with van der Waals surface area (Å²) in [6.45, 7) is 0.888. The molecule has 2 aliphatic rings. The maximum atomic E-state index is 12.3. The number of hydrogen-bond donors (Lipinski definition) is 1. The number of hydrogen-bond acceptors (Lipinski definition) is 5. The number of nitrogens with one attached hydrogen (secondary N) is 1. The van der Waals surface area contributed by atoms with E-state index in [2.05, 4.69) is 5.32 Å². The summed E-state index contributed by atoms with van der Waals surface area (Å²) in [4.78, 5) is 43.2. The van der Waals surface area contributed by atoms with Gasteiger partial charge in [-0.05, 0) is 49.8 Å². The van der Waals surface area contributed by atoms with Gasteiger partial charge in [-0.2, -0.15) is 0 Å². The Bertz CT molecular complexity index is 880. The van der Waals surface area contributed by atoms with Crippen LogP contribution in [0.25, 0.3) is 0 Å². The second-order valence-electron chi connectivity index (χ2n) is 7.61. The van der Waals surface area contributed by atoms with Gasteiger partial charge in [-0.1, -0.05) is 12.1 Å². The maximum Gasteiger partial charge on any atom is 0.251 e. The van der Waals surface area contributed by atoms with E-state index in [1.54, 1.807) is 24.3 Å². The second kappa shape index (κ2) is 8.86. The van der Waals surface area contributed by atoms with Gasteiger partial charge in [0.2, 0.25) is 11.8 Å². The van der Waals surface area contributed by atoms with Crippen molar-refractivity contribution in [1.82, 2.24) is 15.2 Å². The first kappa shape index (κ1) is 19.8. The molecule has 0 bridgehead atoms. The lowest BCUT2D eigenvalue weighted by molar-refractivity contribution is -0.139. The summed E-state index contributed by atoms with van der Waals surface area (Å²) in [5.74, 6) is -0.362. The Morgan fingerprint density at radius 2 is 1.76 bits per heavy atom. The van der Waals surface area contributed by atoms with E-state index in [0.717, 1.165) is 24.8 Å². The number of thiazole rings is 1. The molecule has 1 aromatic heterocycles. The number of likely N-dealkylation sites (tertiary alicyclic amines) is 1. The molecule has 6 nitrogen and oxygen atoms in total. The molecule has 1 N–H and O–H groups in total. The average molecular weight is 412 g/mol. The number of carbonyl (C=O) groups excluding carboxylic acids is 3. The van der Waals surface area contributed by atoms with Crippen molar-refractivity contribution in [3.8, 4) is 0 Å². The summed E-state index contributed by atoms with van der Waals surface area (Å²) in [6.07, 6.45) is 7.15. The van der Waals surface area contributed by atoms with E-state index < -0.39 is 0 Å². The van der Waals surface area contributed by atoms with Gasteiger partial charge in [-0.25, -0.2) is 4.98 Å². The number of fused-ring (bicyclic) bond motifs is 1. The smallest absolute Gasteiger partial charge is 0.251 e. The lowest BCUT2D eigenvalue weighted by atomic mass is 10.0. The third-order valence-corrected chi connectivity index (χ3v) is 6.67. The summed E-state index contributed by atoms with van der Waals surface area (Å²) < 4.78 is 0. The van der Waals surface area contributed by atoms with Gasteiger partial charge in [0.05, 0.1) is 17.2 Å². The van der Waals surface area contributed by atoms with Gasteiger partial charge in [0.1, 0.15) is 0 Å². The van der Waals surface area contributed by atoms with E-state index >= 15 is 0 Å². The highest BCUT2D eigenvalue weighted by Gasteiger charge is 2.28. The topological polar surface area (TPSA) is 79.4 Å². The molecule has 152 valence electrons. The number of amides is 3. The minimum absolute atomic E-state index is 0.108. The van der Waals surface area contributed by atoms with Gasteiger partial charge in [0.25, 0.3) is 5.91 Å². The lowest BCUT2D eigenvalue weighted by Gasteiger charge is -2.14. The van der Waals surface area contributed by atoms with Crippen LogP contribution in [-0.4, -0.2) is 34.2 Å².